The molecule has 33 heavy (non-hydrogen) atoms. The van der Waals surface area contributed by atoms with E-state index in [0.717, 1.165) is 24.1 Å². The molecule has 3 aromatic rings. The average molecular weight is 461 g/mol. The highest BCUT2D eigenvalue weighted by atomic mass is 19.4. The Bertz CT molecular complexity index is 1310. The smallest absolute Gasteiger partial charge is 0.489 e. The maximum absolute atomic E-state index is 13.2. The molecule has 0 aliphatic carbocycles. The van der Waals surface area contributed by atoms with Gasteiger partial charge in [-0.25, -0.2) is 9.78 Å². The van der Waals surface area contributed by atoms with Crippen LogP contribution in [0.15, 0.2) is 41.5 Å². The van der Waals surface area contributed by atoms with E-state index < -0.39 is 41.1 Å². The molecule has 0 radical (unpaired) electrons. The van der Waals surface area contributed by atoms with E-state index in [9.17, 15) is 33.1 Å². The molecule has 1 aromatic carbocycles. The molecule has 2 aromatic heterocycles. The van der Waals surface area contributed by atoms with Crippen molar-refractivity contribution in [1.29, 1.82) is 5.26 Å². The molecule has 0 bridgehead atoms. The van der Waals surface area contributed by atoms with Crippen LogP contribution in [0.1, 0.15) is 51.8 Å². The molecule has 172 valence electrons. The Morgan fingerprint density at radius 1 is 1.30 bits per heavy atom. The summed E-state index contributed by atoms with van der Waals surface area (Å²) < 4.78 is 45.4. The van der Waals surface area contributed by atoms with Gasteiger partial charge < -0.3 is 9.84 Å². The number of halogens is 3. The molecule has 0 saturated heterocycles. The molecule has 0 saturated carbocycles. The van der Waals surface area contributed by atoms with Crippen molar-refractivity contribution in [2.24, 2.45) is 7.05 Å². The molecule has 0 amide bonds. The van der Waals surface area contributed by atoms with E-state index in [1.165, 1.54) is 13.1 Å². The Kier molecular flexibility index (Phi) is 6.25. The number of nitrogens with zero attached hydrogens (tertiary/aromatic N) is 5. The zero-order chi connectivity index (χ0) is 24.5. The van der Waals surface area contributed by atoms with Gasteiger partial charge in [0.25, 0.3) is 5.56 Å². The molecule has 0 aliphatic rings. The fourth-order valence-electron chi connectivity index (χ4n) is 3.73. The second-order valence-corrected chi connectivity index (χ2v) is 7.17. The van der Waals surface area contributed by atoms with E-state index in [-0.39, 0.29) is 21.6 Å². The molecular formula is C21H18F3N5O4. The number of hydrogen-bond donors (Lipinski definition) is 1. The van der Waals surface area contributed by atoms with Gasteiger partial charge in [-0.3, -0.25) is 9.36 Å². The number of carboxylic acid groups (broad SMARTS) is 1. The van der Waals surface area contributed by atoms with Crippen LogP contribution in [-0.4, -0.2) is 37.5 Å². The maximum Gasteiger partial charge on any atom is 0.504 e. The highest BCUT2D eigenvalue weighted by molar-refractivity contribution is 5.88. The molecule has 2 atom stereocenters. The summed E-state index contributed by atoms with van der Waals surface area (Å²) in [4.78, 5) is 28.5. The Balaban J connectivity index is 2.28. The first-order valence-corrected chi connectivity index (χ1v) is 9.50. The van der Waals surface area contributed by atoms with Gasteiger partial charge in [0.05, 0.1) is 24.9 Å². The third kappa shape index (κ3) is 4.30. The van der Waals surface area contributed by atoms with E-state index in [2.05, 4.69) is 10.1 Å². The van der Waals surface area contributed by atoms with Gasteiger partial charge in [0, 0.05) is 25.1 Å². The lowest BCUT2D eigenvalue weighted by molar-refractivity contribution is -0.212. The minimum Gasteiger partial charge on any atom is -0.489 e. The Morgan fingerprint density at radius 3 is 2.52 bits per heavy atom. The van der Waals surface area contributed by atoms with Crippen LogP contribution in [0.25, 0.3) is 0 Å². The van der Waals surface area contributed by atoms with Crippen molar-refractivity contribution in [2.45, 2.75) is 25.1 Å². The van der Waals surface area contributed by atoms with Crippen LogP contribution in [0.5, 0.6) is 5.75 Å². The fourth-order valence-corrected chi connectivity index (χ4v) is 3.73. The highest BCUT2D eigenvalue weighted by Gasteiger charge is 2.35. The second kappa shape index (κ2) is 8.78. The third-order valence-electron chi connectivity index (χ3n) is 5.24. The number of benzene rings is 1. The number of aromatic carboxylic acids is 1. The quantitative estimate of drug-likeness (QED) is 0.599. The van der Waals surface area contributed by atoms with E-state index in [0.29, 0.717) is 5.56 Å². The molecule has 0 spiro atoms. The van der Waals surface area contributed by atoms with Crippen LogP contribution in [0, 0.1) is 11.3 Å². The fraction of sp³-hybridized carbons (Fsp3) is 0.286. The minimum atomic E-state index is -4.76. The lowest BCUT2D eigenvalue weighted by Gasteiger charge is -2.26. The molecule has 12 heteroatoms. The van der Waals surface area contributed by atoms with Crippen molar-refractivity contribution in [3.63, 3.8) is 0 Å². The van der Waals surface area contributed by atoms with Crippen molar-refractivity contribution >= 4 is 5.97 Å². The summed E-state index contributed by atoms with van der Waals surface area (Å²) in [6.45, 7) is 1.57. The lowest BCUT2D eigenvalue weighted by Crippen LogP contribution is -2.29. The molecule has 1 N–H and O–H groups in total. The topological polar surface area (TPSA) is 123 Å². The third-order valence-corrected chi connectivity index (χ3v) is 5.24. The standard InChI is InChI=1S/C21H18F3N5O4/c1-11(18-27-16(20(31)32)17(33-3)19(30)28(18)2)15(14-7-5-4-6-12(14)8-25)13-9-26-29(10-13)21(22,23)24/h4-7,9-11,15H,1-3H3,(H,31,32). The van der Waals surface area contributed by atoms with Crippen LogP contribution in [0.3, 0.4) is 0 Å². The number of carboxylic acids is 1. The van der Waals surface area contributed by atoms with Crippen molar-refractivity contribution < 1.29 is 27.8 Å². The summed E-state index contributed by atoms with van der Waals surface area (Å²) in [6.07, 6.45) is -2.96. The van der Waals surface area contributed by atoms with Gasteiger partial charge in [-0.1, -0.05) is 25.1 Å². The first-order chi connectivity index (χ1) is 15.5. The van der Waals surface area contributed by atoms with Crippen molar-refractivity contribution in [1.82, 2.24) is 19.3 Å². The number of rotatable bonds is 6. The number of hydrogen-bond acceptors (Lipinski definition) is 6. The Hall–Kier alpha value is -4.14. The lowest BCUT2D eigenvalue weighted by atomic mass is 9.80. The first kappa shape index (κ1) is 23.5. The van der Waals surface area contributed by atoms with Gasteiger partial charge in [-0.15, -0.1) is 13.2 Å². The number of carbonyl (C=O) groups is 1. The zero-order valence-corrected chi connectivity index (χ0v) is 17.7. The van der Waals surface area contributed by atoms with Gasteiger partial charge in [-0.2, -0.15) is 15.0 Å². The van der Waals surface area contributed by atoms with E-state index in [1.807, 2.05) is 6.07 Å². The van der Waals surface area contributed by atoms with Crippen LogP contribution in [0.4, 0.5) is 13.2 Å². The zero-order valence-electron chi connectivity index (χ0n) is 17.7. The van der Waals surface area contributed by atoms with E-state index >= 15 is 0 Å². The van der Waals surface area contributed by atoms with Crippen LogP contribution < -0.4 is 10.3 Å². The SMILES string of the molecule is COc1c(C(=O)O)nc(C(C)C(c2cnn(C(F)(F)F)c2)c2ccccc2C#N)n(C)c1=O. The Morgan fingerprint density at radius 2 is 1.97 bits per heavy atom. The molecular weight excluding hydrogens is 443 g/mol. The number of nitriles is 1. The number of alkyl halides is 3. The van der Waals surface area contributed by atoms with Crippen molar-refractivity contribution in [2.75, 3.05) is 7.11 Å². The predicted molar refractivity (Wildman–Crippen MR) is 108 cm³/mol. The predicted octanol–water partition coefficient (Wildman–Crippen LogP) is 2.97. The summed E-state index contributed by atoms with van der Waals surface area (Å²) >= 11 is 0. The van der Waals surface area contributed by atoms with Crippen molar-refractivity contribution in [3.8, 4) is 11.8 Å². The van der Waals surface area contributed by atoms with E-state index in [4.69, 9.17) is 4.74 Å². The largest absolute Gasteiger partial charge is 0.504 e. The van der Waals surface area contributed by atoms with Gasteiger partial charge in [0.2, 0.25) is 5.75 Å². The average Bonchev–Trinajstić information content (AvgIpc) is 3.26. The summed E-state index contributed by atoms with van der Waals surface area (Å²) in [5.74, 6) is -3.75. The second-order valence-electron chi connectivity index (χ2n) is 7.17. The molecule has 2 unspecified atom stereocenters. The number of ether oxygens (including phenoxy) is 1. The number of aromatic nitrogens is 4. The molecule has 0 aliphatic heterocycles. The highest BCUT2D eigenvalue weighted by Crippen LogP contribution is 2.39. The van der Waals surface area contributed by atoms with Gasteiger partial charge in [0.15, 0.2) is 5.69 Å². The van der Waals surface area contributed by atoms with Gasteiger partial charge in [-0.05, 0) is 17.2 Å². The number of methoxy groups -OCH3 is 1. The molecule has 3 rings (SSSR count). The summed E-state index contributed by atoms with van der Waals surface area (Å²) in [7, 11) is 2.48. The van der Waals surface area contributed by atoms with Crippen LogP contribution >= 0.6 is 0 Å². The Labute approximate surface area is 185 Å². The molecule has 2 heterocycles. The molecule has 9 nitrogen and oxygen atoms in total. The summed E-state index contributed by atoms with van der Waals surface area (Å²) in [6, 6.07) is 8.31. The van der Waals surface area contributed by atoms with Crippen molar-refractivity contribution in [3.05, 3.63) is 75.2 Å². The maximum atomic E-state index is 13.2. The van der Waals surface area contributed by atoms with Gasteiger partial charge >= 0.3 is 12.3 Å². The van der Waals surface area contributed by atoms with E-state index in [1.54, 1.807) is 25.1 Å². The minimum absolute atomic E-state index is 0.0179. The summed E-state index contributed by atoms with van der Waals surface area (Å²) in [5.41, 5.74) is -0.725. The van der Waals surface area contributed by atoms with Gasteiger partial charge in [0.1, 0.15) is 5.82 Å². The normalized spacial score (nSPS) is 13.2. The first-order valence-electron chi connectivity index (χ1n) is 9.50. The van der Waals surface area contributed by atoms with Crippen LogP contribution in [0.2, 0.25) is 0 Å². The molecule has 0 fully saturated rings. The summed E-state index contributed by atoms with van der Waals surface area (Å²) in [5, 5.41) is 22.4. The monoisotopic (exact) mass is 461 g/mol. The van der Waals surface area contributed by atoms with Crippen LogP contribution in [-0.2, 0) is 13.3 Å².